The molecule has 0 spiro atoms. The highest BCUT2D eigenvalue weighted by molar-refractivity contribution is 5.67. The number of alkyl carbamates (subject to hydrolysis) is 1. The lowest BCUT2D eigenvalue weighted by molar-refractivity contribution is 0.0512. The molecular weight excluding hydrogens is 286 g/mol. The monoisotopic (exact) mass is 311 g/mol. The van der Waals surface area contributed by atoms with Gasteiger partial charge >= 0.3 is 6.09 Å². The van der Waals surface area contributed by atoms with Gasteiger partial charge in [-0.3, -0.25) is 0 Å². The van der Waals surface area contributed by atoms with Gasteiger partial charge in [-0.1, -0.05) is 6.07 Å². The van der Waals surface area contributed by atoms with E-state index in [0.717, 1.165) is 5.56 Å². The lowest BCUT2D eigenvalue weighted by Crippen LogP contribution is -2.36. The van der Waals surface area contributed by atoms with Crippen LogP contribution in [0.3, 0.4) is 0 Å². The van der Waals surface area contributed by atoms with Gasteiger partial charge in [0.1, 0.15) is 5.60 Å². The summed E-state index contributed by atoms with van der Waals surface area (Å²) in [5.74, 6) is 0.285. The topological polar surface area (TPSA) is 88.0 Å². The van der Waals surface area contributed by atoms with Crippen molar-refractivity contribution in [2.75, 3.05) is 20.3 Å². The molecule has 1 rings (SSSR count). The second-order valence-corrected chi connectivity index (χ2v) is 6.14. The Hall–Kier alpha value is -1.95. The van der Waals surface area contributed by atoms with Gasteiger partial charge in [0.15, 0.2) is 11.5 Å². The number of carbonyl (C=O) groups excluding carboxylic acids is 1. The Morgan fingerprint density at radius 3 is 2.55 bits per heavy atom. The van der Waals surface area contributed by atoms with Crippen molar-refractivity contribution in [1.29, 1.82) is 0 Å². The van der Waals surface area contributed by atoms with Crippen molar-refractivity contribution in [1.82, 2.24) is 5.32 Å². The maximum Gasteiger partial charge on any atom is 0.407 e. The predicted molar refractivity (Wildman–Crippen MR) is 83.2 cm³/mol. The van der Waals surface area contributed by atoms with Crippen LogP contribution in [0.2, 0.25) is 0 Å². The summed E-state index contributed by atoms with van der Waals surface area (Å²) in [6.45, 7) is 5.57. The molecule has 6 nitrogen and oxygen atoms in total. The van der Waals surface area contributed by atoms with Crippen LogP contribution in [0.4, 0.5) is 4.79 Å². The molecule has 0 aromatic heterocycles. The first-order chi connectivity index (χ1) is 10.2. The van der Waals surface area contributed by atoms with E-state index in [2.05, 4.69) is 5.32 Å². The zero-order valence-corrected chi connectivity index (χ0v) is 13.5. The van der Waals surface area contributed by atoms with Crippen molar-refractivity contribution in [3.63, 3.8) is 0 Å². The summed E-state index contributed by atoms with van der Waals surface area (Å²) in [4.78, 5) is 11.6. The first kappa shape index (κ1) is 18.1. The summed E-state index contributed by atoms with van der Waals surface area (Å²) in [7, 11) is 1.48. The second kappa shape index (κ2) is 7.89. The lowest BCUT2D eigenvalue weighted by atomic mass is 9.99. The van der Waals surface area contributed by atoms with Crippen molar-refractivity contribution in [3.8, 4) is 11.5 Å². The number of nitrogens with one attached hydrogen (secondary N) is 1. The van der Waals surface area contributed by atoms with E-state index < -0.39 is 11.7 Å². The number of aliphatic hydroxyl groups excluding tert-OH is 1. The van der Waals surface area contributed by atoms with Gasteiger partial charge in [-0.2, -0.15) is 0 Å². The third-order valence-corrected chi connectivity index (χ3v) is 2.96. The average molecular weight is 311 g/mol. The quantitative estimate of drug-likeness (QED) is 0.748. The molecule has 1 unspecified atom stereocenters. The van der Waals surface area contributed by atoms with E-state index in [1.807, 2.05) is 6.07 Å². The number of phenolic OH excluding ortho intramolecular Hbond substituents is 1. The van der Waals surface area contributed by atoms with E-state index in [-0.39, 0.29) is 24.8 Å². The number of aromatic hydroxyl groups is 1. The Morgan fingerprint density at radius 2 is 2.05 bits per heavy atom. The highest BCUT2D eigenvalue weighted by Crippen LogP contribution is 2.27. The highest BCUT2D eigenvalue weighted by atomic mass is 16.6. The van der Waals surface area contributed by atoms with E-state index in [1.54, 1.807) is 32.9 Å². The van der Waals surface area contributed by atoms with Crippen molar-refractivity contribution in [2.45, 2.75) is 32.8 Å². The summed E-state index contributed by atoms with van der Waals surface area (Å²) in [5.41, 5.74) is 0.295. The molecule has 0 fully saturated rings. The van der Waals surface area contributed by atoms with Crippen LogP contribution in [0.5, 0.6) is 11.5 Å². The van der Waals surface area contributed by atoms with Gasteiger partial charge < -0.3 is 25.0 Å². The van der Waals surface area contributed by atoms with E-state index in [1.165, 1.54) is 7.11 Å². The largest absolute Gasteiger partial charge is 0.504 e. The standard InChI is InChI=1S/C16H25NO5/c1-16(2,3)22-15(20)17-9-12(10-18)7-11-5-6-14(21-4)13(19)8-11/h5-6,8,12,18-19H,7,9-10H2,1-4H3,(H,17,20). The molecule has 1 aromatic rings. The molecule has 124 valence electrons. The van der Waals surface area contributed by atoms with Crippen LogP contribution in [0, 0.1) is 5.92 Å². The summed E-state index contributed by atoms with van der Waals surface area (Å²) in [6.07, 6.45) is 0.00709. The second-order valence-electron chi connectivity index (χ2n) is 6.14. The van der Waals surface area contributed by atoms with Crippen LogP contribution in [0.25, 0.3) is 0 Å². The van der Waals surface area contributed by atoms with Gasteiger partial charge in [0.25, 0.3) is 0 Å². The van der Waals surface area contributed by atoms with Gasteiger partial charge in [-0.15, -0.1) is 0 Å². The van der Waals surface area contributed by atoms with Crippen LogP contribution in [0.15, 0.2) is 18.2 Å². The fourth-order valence-electron chi connectivity index (χ4n) is 1.94. The summed E-state index contributed by atoms with van der Waals surface area (Å²) in [6, 6.07) is 5.07. The number of ether oxygens (including phenoxy) is 2. The summed E-state index contributed by atoms with van der Waals surface area (Å²) in [5, 5.41) is 21.8. The minimum Gasteiger partial charge on any atom is -0.504 e. The Morgan fingerprint density at radius 1 is 1.36 bits per heavy atom. The van der Waals surface area contributed by atoms with Crippen molar-refractivity contribution < 1.29 is 24.5 Å². The van der Waals surface area contributed by atoms with Crippen LogP contribution in [-0.4, -0.2) is 42.2 Å². The maximum atomic E-state index is 11.6. The van der Waals surface area contributed by atoms with Gasteiger partial charge in [-0.05, 0) is 44.9 Å². The maximum absolute atomic E-state index is 11.6. The molecule has 1 atom stereocenters. The predicted octanol–water partition coefficient (Wildman–Crippen LogP) is 2.08. The van der Waals surface area contributed by atoms with Crippen molar-refractivity contribution >= 4 is 6.09 Å². The molecule has 0 radical (unpaired) electrons. The molecule has 0 heterocycles. The van der Waals surface area contributed by atoms with Crippen LogP contribution >= 0.6 is 0 Å². The number of aliphatic hydroxyl groups is 1. The molecule has 0 bridgehead atoms. The SMILES string of the molecule is COc1ccc(CC(CO)CNC(=O)OC(C)(C)C)cc1O. The highest BCUT2D eigenvalue weighted by Gasteiger charge is 2.17. The minimum atomic E-state index is -0.555. The number of amides is 1. The first-order valence-electron chi connectivity index (χ1n) is 7.18. The summed E-state index contributed by atoms with van der Waals surface area (Å²) < 4.78 is 10.1. The molecule has 1 amide bonds. The molecule has 0 saturated carbocycles. The first-order valence-corrected chi connectivity index (χ1v) is 7.18. The number of hydrogen-bond donors (Lipinski definition) is 3. The molecule has 3 N–H and O–H groups in total. The molecular formula is C16H25NO5. The molecule has 0 saturated heterocycles. The number of phenols is 1. The van der Waals surface area contributed by atoms with Gasteiger partial charge in [-0.25, -0.2) is 4.79 Å². The van der Waals surface area contributed by atoms with Gasteiger partial charge in [0, 0.05) is 19.1 Å². The van der Waals surface area contributed by atoms with E-state index in [4.69, 9.17) is 9.47 Å². The molecule has 0 aliphatic carbocycles. The number of carbonyl (C=O) groups is 1. The molecule has 6 heteroatoms. The molecule has 0 aliphatic rings. The number of hydrogen-bond acceptors (Lipinski definition) is 5. The van der Waals surface area contributed by atoms with E-state index >= 15 is 0 Å². The van der Waals surface area contributed by atoms with Crippen molar-refractivity contribution in [3.05, 3.63) is 23.8 Å². The molecule has 0 aliphatic heterocycles. The fourth-order valence-corrected chi connectivity index (χ4v) is 1.94. The molecule has 22 heavy (non-hydrogen) atoms. The van der Waals surface area contributed by atoms with Crippen LogP contribution in [-0.2, 0) is 11.2 Å². The fraction of sp³-hybridized carbons (Fsp3) is 0.562. The number of methoxy groups -OCH3 is 1. The van der Waals surface area contributed by atoms with Gasteiger partial charge in [0.05, 0.1) is 7.11 Å². The third-order valence-electron chi connectivity index (χ3n) is 2.96. The van der Waals surface area contributed by atoms with Crippen molar-refractivity contribution in [2.24, 2.45) is 5.92 Å². The van der Waals surface area contributed by atoms with E-state index in [0.29, 0.717) is 12.2 Å². The zero-order valence-electron chi connectivity index (χ0n) is 13.5. The zero-order chi connectivity index (χ0) is 16.8. The Bertz CT molecular complexity index is 496. The third kappa shape index (κ3) is 6.22. The smallest absolute Gasteiger partial charge is 0.407 e. The van der Waals surface area contributed by atoms with Gasteiger partial charge in [0.2, 0.25) is 0 Å². The Kier molecular flexibility index (Phi) is 6.49. The summed E-state index contributed by atoms with van der Waals surface area (Å²) >= 11 is 0. The number of rotatable bonds is 6. The normalized spacial score (nSPS) is 12.6. The van der Waals surface area contributed by atoms with Crippen LogP contribution < -0.4 is 10.1 Å². The molecule has 1 aromatic carbocycles. The Labute approximate surface area is 131 Å². The Balaban J connectivity index is 2.55. The van der Waals surface area contributed by atoms with Crippen LogP contribution in [0.1, 0.15) is 26.3 Å². The minimum absolute atomic E-state index is 0.0526. The average Bonchev–Trinajstić information content (AvgIpc) is 2.41. The lowest BCUT2D eigenvalue weighted by Gasteiger charge is -2.21. The van der Waals surface area contributed by atoms with E-state index in [9.17, 15) is 15.0 Å². The number of benzene rings is 1.